The first kappa shape index (κ1) is 9.44. The van der Waals surface area contributed by atoms with Crippen LogP contribution in [0.4, 0.5) is 0 Å². The van der Waals surface area contributed by atoms with Crippen LogP contribution in [0.1, 0.15) is 20.3 Å². The third kappa shape index (κ3) is 2.70. The van der Waals surface area contributed by atoms with Crippen molar-refractivity contribution in [2.45, 2.75) is 20.3 Å². The lowest BCUT2D eigenvalue weighted by Crippen LogP contribution is -1.76. The summed E-state index contributed by atoms with van der Waals surface area (Å²) in [5.74, 6) is 0. The molecule has 0 aromatic carbocycles. The summed E-state index contributed by atoms with van der Waals surface area (Å²) in [6.45, 7) is 4.25. The van der Waals surface area contributed by atoms with Crippen LogP contribution in [0.25, 0.3) is 11.4 Å². The molecule has 2 N–H and O–H groups in total. The summed E-state index contributed by atoms with van der Waals surface area (Å²) >= 11 is 0. The Bertz CT molecular complexity index is 265. The number of aromatic nitrogens is 5. The fourth-order valence-electron chi connectivity index (χ4n) is 0.730. The van der Waals surface area contributed by atoms with E-state index >= 15 is 0 Å². The Hall–Kier alpha value is -1.65. The van der Waals surface area contributed by atoms with E-state index in [0.717, 1.165) is 11.4 Å². The fraction of sp³-hybridized carbons (Fsp3) is 0.375. The lowest BCUT2D eigenvalue weighted by atomic mass is 10.3. The van der Waals surface area contributed by atoms with Gasteiger partial charge in [0.15, 0.2) is 0 Å². The Morgan fingerprint density at radius 3 is 2.54 bits per heavy atom. The molecule has 0 amide bonds. The highest BCUT2D eigenvalue weighted by atomic mass is 15.3. The summed E-state index contributed by atoms with van der Waals surface area (Å²) in [7, 11) is 0. The van der Waals surface area contributed by atoms with Gasteiger partial charge in [-0.25, -0.2) is 0 Å². The first-order valence-electron chi connectivity index (χ1n) is 4.24. The highest BCUT2D eigenvalue weighted by Gasteiger charge is 1.98. The normalized spacial score (nSPS) is 9.08. The molecule has 0 aliphatic rings. The van der Waals surface area contributed by atoms with Gasteiger partial charge >= 0.3 is 0 Å². The van der Waals surface area contributed by atoms with Crippen LogP contribution in [0.2, 0.25) is 0 Å². The standard InChI is InChI=1S/C5H5N5.C3H8/c1-2-6-8-4(1)5-3-7-10-9-5;1-3-2/h1-3H,(H,6,8)(H,7,9,10);3H2,1-2H3. The Labute approximate surface area is 76.6 Å². The number of rotatable bonds is 1. The number of nitrogens with zero attached hydrogens (tertiary/aromatic N) is 3. The van der Waals surface area contributed by atoms with Crippen molar-refractivity contribution in [3.05, 3.63) is 18.5 Å². The van der Waals surface area contributed by atoms with Gasteiger partial charge in [-0.2, -0.15) is 20.5 Å². The molecule has 0 aliphatic carbocycles. The second-order valence-corrected chi connectivity index (χ2v) is 2.53. The fourth-order valence-corrected chi connectivity index (χ4v) is 0.730. The van der Waals surface area contributed by atoms with Crippen LogP contribution in [-0.4, -0.2) is 25.6 Å². The predicted octanol–water partition coefficient (Wildman–Crippen LogP) is 1.61. The van der Waals surface area contributed by atoms with Crippen LogP contribution >= 0.6 is 0 Å². The minimum absolute atomic E-state index is 0.775. The molecular formula is C8H13N5. The van der Waals surface area contributed by atoms with Gasteiger partial charge in [-0.1, -0.05) is 20.3 Å². The zero-order chi connectivity index (χ0) is 9.52. The number of aromatic amines is 2. The molecule has 0 fully saturated rings. The summed E-state index contributed by atoms with van der Waals surface area (Å²) in [6.07, 6.45) is 4.55. The quantitative estimate of drug-likeness (QED) is 0.698. The summed E-state index contributed by atoms with van der Waals surface area (Å²) in [6, 6.07) is 1.83. The van der Waals surface area contributed by atoms with Crippen molar-refractivity contribution in [3.63, 3.8) is 0 Å². The Morgan fingerprint density at radius 2 is 2.08 bits per heavy atom. The van der Waals surface area contributed by atoms with Gasteiger partial charge in [0.2, 0.25) is 0 Å². The minimum atomic E-state index is 0.775. The van der Waals surface area contributed by atoms with Crippen LogP contribution < -0.4 is 0 Å². The maximum atomic E-state index is 3.85. The van der Waals surface area contributed by atoms with Gasteiger partial charge in [-0.15, -0.1) is 0 Å². The molecular weight excluding hydrogens is 166 g/mol. The van der Waals surface area contributed by atoms with Gasteiger partial charge in [0, 0.05) is 6.20 Å². The average Bonchev–Trinajstić information content (AvgIpc) is 2.78. The zero-order valence-electron chi connectivity index (χ0n) is 7.78. The second-order valence-electron chi connectivity index (χ2n) is 2.53. The summed E-state index contributed by atoms with van der Waals surface area (Å²) in [4.78, 5) is 0. The molecule has 0 bridgehead atoms. The molecule has 2 aromatic heterocycles. The Kier molecular flexibility index (Phi) is 3.69. The van der Waals surface area contributed by atoms with Crippen molar-refractivity contribution in [1.82, 2.24) is 25.6 Å². The van der Waals surface area contributed by atoms with Crippen molar-refractivity contribution in [2.24, 2.45) is 0 Å². The van der Waals surface area contributed by atoms with Gasteiger partial charge in [0.25, 0.3) is 0 Å². The van der Waals surface area contributed by atoms with Crippen LogP contribution in [-0.2, 0) is 0 Å². The molecule has 2 rings (SSSR count). The summed E-state index contributed by atoms with van der Waals surface area (Å²) < 4.78 is 0. The number of H-pyrrole nitrogens is 2. The third-order valence-electron chi connectivity index (χ3n) is 1.19. The monoisotopic (exact) mass is 179 g/mol. The van der Waals surface area contributed by atoms with E-state index in [1.807, 2.05) is 6.07 Å². The Morgan fingerprint density at radius 1 is 1.31 bits per heavy atom. The summed E-state index contributed by atoms with van der Waals surface area (Å²) in [5.41, 5.74) is 1.64. The topological polar surface area (TPSA) is 70.2 Å². The van der Waals surface area contributed by atoms with Crippen LogP contribution in [0.3, 0.4) is 0 Å². The molecule has 2 aromatic rings. The first-order valence-corrected chi connectivity index (χ1v) is 4.24. The molecule has 70 valence electrons. The van der Waals surface area contributed by atoms with Gasteiger partial charge in [0.05, 0.1) is 11.9 Å². The molecule has 0 aliphatic heterocycles. The molecule has 0 unspecified atom stereocenters. The summed E-state index contributed by atoms with van der Waals surface area (Å²) in [5, 5.41) is 16.6. The maximum Gasteiger partial charge on any atom is 0.130 e. The second kappa shape index (κ2) is 5.08. The van der Waals surface area contributed by atoms with Crippen LogP contribution in [0.5, 0.6) is 0 Å². The van der Waals surface area contributed by atoms with E-state index in [-0.39, 0.29) is 0 Å². The average molecular weight is 179 g/mol. The molecule has 0 saturated heterocycles. The van der Waals surface area contributed by atoms with Gasteiger partial charge in [-0.3, -0.25) is 5.10 Å². The molecule has 5 nitrogen and oxygen atoms in total. The zero-order valence-corrected chi connectivity index (χ0v) is 7.78. The lowest BCUT2D eigenvalue weighted by Gasteiger charge is -1.82. The number of hydrogen-bond acceptors (Lipinski definition) is 3. The van der Waals surface area contributed by atoms with Crippen molar-refractivity contribution in [2.75, 3.05) is 0 Å². The van der Waals surface area contributed by atoms with E-state index in [1.54, 1.807) is 12.4 Å². The molecule has 0 radical (unpaired) electrons. The molecule has 0 atom stereocenters. The van der Waals surface area contributed by atoms with Crippen molar-refractivity contribution < 1.29 is 0 Å². The Balaban J connectivity index is 0.000000251. The van der Waals surface area contributed by atoms with Crippen LogP contribution in [0, 0.1) is 0 Å². The number of nitrogens with one attached hydrogen (secondary N) is 2. The van der Waals surface area contributed by atoms with Crippen LogP contribution in [0.15, 0.2) is 18.5 Å². The SMILES string of the molecule is CCC.c1cc(-c2cn[nH]n2)[nH]n1. The molecule has 0 spiro atoms. The minimum Gasteiger partial charge on any atom is -0.276 e. The van der Waals surface area contributed by atoms with Crippen molar-refractivity contribution in [1.29, 1.82) is 0 Å². The van der Waals surface area contributed by atoms with Gasteiger partial charge in [0.1, 0.15) is 5.69 Å². The smallest absolute Gasteiger partial charge is 0.130 e. The maximum absolute atomic E-state index is 3.85. The largest absolute Gasteiger partial charge is 0.276 e. The molecule has 2 heterocycles. The van der Waals surface area contributed by atoms with Gasteiger partial charge in [-0.05, 0) is 6.07 Å². The first-order chi connectivity index (χ1) is 6.38. The van der Waals surface area contributed by atoms with E-state index in [9.17, 15) is 0 Å². The van der Waals surface area contributed by atoms with Crippen molar-refractivity contribution >= 4 is 0 Å². The highest BCUT2D eigenvalue weighted by Crippen LogP contribution is 2.08. The lowest BCUT2D eigenvalue weighted by molar-refractivity contribution is 0.939. The van der Waals surface area contributed by atoms with E-state index in [4.69, 9.17) is 0 Å². The van der Waals surface area contributed by atoms with E-state index in [0.29, 0.717) is 0 Å². The third-order valence-corrected chi connectivity index (χ3v) is 1.19. The van der Waals surface area contributed by atoms with Crippen molar-refractivity contribution in [3.8, 4) is 11.4 Å². The van der Waals surface area contributed by atoms with E-state index in [1.165, 1.54) is 6.42 Å². The highest BCUT2D eigenvalue weighted by molar-refractivity contribution is 5.50. The van der Waals surface area contributed by atoms with E-state index in [2.05, 4.69) is 39.5 Å². The van der Waals surface area contributed by atoms with E-state index < -0.39 is 0 Å². The molecule has 0 saturated carbocycles. The molecule has 13 heavy (non-hydrogen) atoms. The molecule has 5 heteroatoms. The van der Waals surface area contributed by atoms with Gasteiger partial charge < -0.3 is 0 Å². The number of hydrogen-bond donors (Lipinski definition) is 2. The predicted molar refractivity (Wildman–Crippen MR) is 49.9 cm³/mol.